The van der Waals surface area contributed by atoms with Crippen LogP contribution in [0.4, 0.5) is 5.69 Å². The fourth-order valence-corrected chi connectivity index (χ4v) is 2.65. The van der Waals surface area contributed by atoms with Crippen molar-refractivity contribution in [2.75, 3.05) is 0 Å². The molecule has 0 saturated carbocycles. The number of carbonyl (C=O) groups is 1. The number of nitro benzene ring substituents is 1. The summed E-state index contributed by atoms with van der Waals surface area (Å²) in [6.07, 6.45) is -0.182. The van der Waals surface area contributed by atoms with Gasteiger partial charge in [-0.1, -0.05) is 17.7 Å². The van der Waals surface area contributed by atoms with E-state index in [9.17, 15) is 14.9 Å². The van der Waals surface area contributed by atoms with E-state index in [0.717, 1.165) is 0 Å². The third kappa shape index (κ3) is 3.53. The van der Waals surface area contributed by atoms with Gasteiger partial charge in [-0.3, -0.25) is 14.9 Å². The Balaban J connectivity index is 2.00. The van der Waals surface area contributed by atoms with Crippen LogP contribution < -0.4 is 4.74 Å². The number of aromatic amines is 1. The third-order valence-corrected chi connectivity index (χ3v) is 3.74. The number of nitrogens with zero attached hydrogens (tertiary/aromatic N) is 2. The third-order valence-electron chi connectivity index (χ3n) is 3.45. The Morgan fingerprint density at radius 1 is 1.36 bits per heavy atom. The van der Waals surface area contributed by atoms with Crippen molar-refractivity contribution in [3.05, 3.63) is 56.9 Å². The van der Waals surface area contributed by atoms with Crippen molar-refractivity contribution in [3.8, 4) is 11.5 Å². The number of hydrogen-bond acceptors (Lipinski definition) is 5. The largest absolute Gasteiger partial charge is 0.481 e. The zero-order valence-corrected chi connectivity index (χ0v) is 13.7. The minimum absolute atomic E-state index is 0.00288. The summed E-state index contributed by atoms with van der Waals surface area (Å²) in [5, 5.41) is 20.3. The van der Waals surface area contributed by atoms with E-state index < -0.39 is 10.9 Å². The zero-order chi connectivity index (χ0) is 18.1. The Bertz CT molecular complexity index is 999. The Morgan fingerprint density at radius 3 is 2.76 bits per heavy atom. The number of H-pyrrole nitrogens is 1. The van der Waals surface area contributed by atoms with Crippen molar-refractivity contribution in [2.24, 2.45) is 0 Å². The van der Waals surface area contributed by atoms with Gasteiger partial charge in [0.15, 0.2) is 0 Å². The molecule has 0 fully saturated rings. The summed E-state index contributed by atoms with van der Waals surface area (Å²) < 4.78 is 5.60. The highest BCUT2D eigenvalue weighted by Crippen LogP contribution is 2.37. The maximum atomic E-state index is 11.3. The van der Waals surface area contributed by atoms with Gasteiger partial charge in [0.1, 0.15) is 11.6 Å². The van der Waals surface area contributed by atoms with Crippen LogP contribution in [0.3, 0.4) is 0 Å². The summed E-state index contributed by atoms with van der Waals surface area (Å²) in [5.41, 5.74) is 1.32. The Kier molecular flexibility index (Phi) is 4.28. The summed E-state index contributed by atoms with van der Waals surface area (Å²) in [7, 11) is 0. The summed E-state index contributed by atoms with van der Waals surface area (Å²) >= 11 is 6.11. The molecule has 0 amide bonds. The predicted molar refractivity (Wildman–Crippen MR) is 90.4 cm³/mol. The lowest BCUT2D eigenvalue weighted by Crippen LogP contribution is -2.00. The highest BCUT2D eigenvalue weighted by molar-refractivity contribution is 6.32. The molecule has 0 unspecified atom stereocenters. The van der Waals surface area contributed by atoms with Crippen LogP contribution in [0.5, 0.6) is 11.5 Å². The van der Waals surface area contributed by atoms with E-state index in [1.807, 2.05) is 0 Å². The smallest absolute Gasteiger partial charge is 0.313 e. The van der Waals surface area contributed by atoms with E-state index in [1.54, 1.807) is 13.0 Å². The van der Waals surface area contributed by atoms with Gasteiger partial charge < -0.3 is 14.8 Å². The van der Waals surface area contributed by atoms with E-state index in [-0.39, 0.29) is 28.6 Å². The van der Waals surface area contributed by atoms with Gasteiger partial charge in [-0.15, -0.1) is 0 Å². The SMILES string of the molecule is Cc1nc2cc(Oc3ccc(CC(=O)O)cc3Cl)c([N+](=O)[O-])cc2[nH]1. The van der Waals surface area contributed by atoms with Crippen molar-refractivity contribution >= 4 is 34.3 Å². The quantitative estimate of drug-likeness (QED) is 0.526. The predicted octanol–water partition coefficient (Wildman–Crippen LogP) is 3.85. The maximum Gasteiger partial charge on any atom is 0.313 e. The van der Waals surface area contributed by atoms with Crippen LogP contribution in [-0.2, 0) is 11.2 Å². The second-order valence-electron chi connectivity index (χ2n) is 5.35. The number of carboxylic acids is 1. The molecule has 0 atom stereocenters. The van der Waals surface area contributed by atoms with Gasteiger partial charge in [-0.2, -0.15) is 0 Å². The Labute approximate surface area is 146 Å². The number of carboxylic acid groups (broad SMARTS) is 1. The molecule has 0 spiro atoms. The monoisotopic (exact) mass is 361 g/mol. The molecule has 0 saturated heterocycles. The van der Waals surface area contributed by atoms with E-state index in [4.69, 9.17) is 21.4 Å². The first kappa shape index (κ1) is 16.7. The van der Waals surface area contributed by atoms with Crippen molar-refractivity contribution in [2.45, 2.75) is 13.3 Å². The van der Waals surface area contributed by atoms with Gasteiger partial charge in [0.25, 0.3) is 0 Å². The molecule has 0 aliphatic heterocycles. The van der Waals surface area contributed by atoms with Crippen LogP contribution in [0, 0.1) is 17.0 Å². The second kappa shape index (κ2) is 6.40. The van der Waals surface area contributed by atoms with Crippen molar-refractivity contribution < 1.29 is 19.6 Å². The summed E-state index contributed by atoms with van der Waals surface area (Å²) in [6, 6.07) is 7.27. The van der Waals surface area contributed by atoms with Crippen LogP contribution in [0.15, 0.2) is 30.3 Å². The highest BCUT2D eigenvalue weighted by atomic mass is 35.5. The molecule has 1 heterocycles. The van der Waals surface area contributed by atoms with E-state index in [2.05, 4.69) is 9.97 Å². The molecular formula is C16H12ClN3O5. The topological polar surface area (TPSA) is 118 Å². The molecular weight excluding hydrogens is 350 g/mol. The lowest BCUT2D eigenvalue weighted by Gasteiger charge is -2.09. The van der Waals surface area contributed by atoms with Gasteiger partial charge in [-0.05, 0) is 24.6 Å². The summed E-state index contributed by atoms with van der Waals surface area (Å²) in [4.78, 5) is 28.7. The number of fused-ring (bicyclic) bond motifs is 1. The molecule has 25 heavy (non-hydrogen) atoms. The number of nitro groups is 1. The molecule has 0 aliphatic rings. The molecule has 0 bridgehead atoms. The highest BCUT2D eigenvalue weighted by Gasteiger charge is 2.20. The first-order chi connectivity index (χ1) is 11.8. The van der Waals surface area contributed by atoms with Crippen LogP contribution in [-0.4, -0.2) is 26.0 Å². The fourth-order valence-electron chi connectivity index (χ4n) is 2.41. The van der Waals surface area contributed by atoms with Gasteiger partial charge >= 0.3 is 11.7 Å². The number of hydrogen-bond donors (Lipinski definition) is 2. The average Bonchev–Trinajstić information content (AvgIpc) is 2.87. The van der Waals surface area contributed by atoms with Gasteiger partial charge in [-0.25, -0.2) is 4.98 Å². The minimum Gasteiger partial charge on any atom is -0.481 e. The molecule has 2 N–H and O–H groups in total. The number of halogens is 1. The molecule has 8 nitrogen and oxygen atoms in total. The second-order valence-corrected chi connectivity index (χ2v) is 5.76. The normalized spacial score (nSPS) is 10.8. The minimum atomic E-state index is -0.986. The van der Waals surface area contributed by atoms with Crippen LogP contribution in [0.1, 0.15) is 11.4 Å². The van der Waals surface area contributed by atoms with E-state index >= 15 is 0 Å². The lowest BCUT2D eigenvalue weighted by atomic mass is 10.1. The summed E-state index contributed by atoms with van der Waals surface area (Å²) in [6.45, 7) is 1.74. The number of aromatic nitrogens is 2. The van der Waals surface area contributed by atoms with Gasteiger partial charge in [0.05, 0.1) is 27.4 Å². The number of ether oxygens (including phenoxy) is 1. The fraction of sp³-hybridized carbons (Fsp3) is 0.125. The first-order valence-electron chi connectivity index (χ1n) is 7.16. The van der Waals surface area contributed by atoms with Crippen molar-refractivity contribution in [3.63, 3.8) is 0 Å². The molecule has 3 aromatic rings. The molecule has 128 valence electrons. The first-order valence-corrected chi connectivity index (χ1v) is 7.54. The molecule has 2 aromatic carbocycles. The number of imidazole rings is 1. The van der Waals surface area contributed by atoms with E-state index in [0.29, 0.717) is 22.4 Å². The zero-order valence-electron chi connectivity index (χ0n) is 12.9. The Morgan fingerprint density at radius 2 is 2.12 bits per heavy atom. The van der Waals surface area contributed by atoms with Crippen molar-refractivity contribution in [1.29, 1.82) is 0 Å². The van der Waals surface area contributed by atoms with Gasteiger partial charge in [0, 0.05) is 12.1 Å². The number of rotatable bonds is 5. The van der Waals surface area contributed by atoms with Gasteiger partial charge in [0.2, 0.25) is 5.75 Å². The number of aryl methyl sites for hydroxylation is 1. The molecule has 0 aliphatic carbocycles. The van der Waals surface area contributed by atoms with Crippen molar-refractivity contribution in [1.82, 2.24) is 9.97 Å². The van der Waals surface area contributed by atoms with Crippen LogP contribution in [0.2, 0.25) is 5.02 Å². The summed E-state index contributed by atoms with van der Waals surface area (Å²) in [5.74, 6) is -0.181. The molecule has 9 heteroatoms. The number of aliphatic carboxylic acids is 1. The van der Waals surface area contributed by atoms with Crippen LogP contribution in [0.25, 0.3) is 11.0 Å². The Hall–Kier alpha value is -3.13. The number of benzene rings is 2. The van der Waals surface area contributed by atoms with E-state index in [1.165, 1.54) is 24.3 Å². The number of nitrogens with one attached hydrogen (secondary N) is 1. The lowest BCUT2D eigenvalue weighted by molar-refractivity contribution is -0.385. The molecule has 0 radical (unpaired) electrons. The molecule has 1 aromatic heterocycles. The molecule has 3 rings (SSSR count). The standard InChI is InChI=1S/C16H12ClN3O5/c1-8-18-11-6-13(20(23)24)15(7-12(11)19-8)25-14-3-2-9(4-10(14)17)5-16(21)22/h2-4,6-7H,5H2,1H3,(H,18,19)(H,21,22). The van der Waals surface area contributed by atoms with Crippen LogP contribution >= 0.6 is 11.6 Å². The average molecular weight is 362 g/mol. The maximum absolute atomic E-state index is 11.3.